The lowest BCUT2D eigenvalue weighted by Gasteiger charge is -2.36. The van der Waals surface area contributed by atoms with Crippen molar-refractivity contribution in [2.24, 2.45) is 5.92 Å². The molecule has 0 radical (unpaired) electrons. The zero-order valence-corrected chi connectivity index (χ0v) is 21.1. The van der Waals surface area contributed by atoms with Gasteiger partial charge in [-0.2, -0.15) is 0 Å². The third-order valence-corrected chi connectivity index (χ3v) is 8.01. The van der Waals surface area contributed by atoms with Gasteiger partial charge in [0.1, 0.15) is 10.5 Å². The van der Waals surface area contributed by atoms with E-state index in [1.807, 2.05) is 35.2 Å². The van der Waals surface area contributed by atoms with Crippen molar-refractivity contribution < 1.29 is 19.4 Å². The highest BCUT2D eigenvalue weighted by Crippen LogP contribution is 2.37. The van der Waals surface area contributed by atoms with E-state index in [1.54, 1.807) is 20.0 Å². The molecule has 0 spiro atoms. The van der Waals surface area contributed by atoms with E-state index in [1.165, 1.54) is 23.1 Å². The van der Waals surface area contributed by atoms with E-state index >= 15 is 0 Å². The molecule has 1 aromatic heterocycles. The predicted molar refractivity (Wildman–Crippen MR) is 133 cm³/mol. The first-order valence-electron chi connectivity index (χ1n) is 11.4. The number of aliphatic carboxylic acids is 1. The largest absolute Gasteiger partial charge is 0.494 e. The molecule has 7 nitrogen and oxygen atoms in total. The van der Waals surface area contributed by atoms with Gasteiger partial charge in [0.15, 0.2) is 5.13 Å². The lowest BCUT2D eigenvalue weighted by Crippen LogP contribution is -2.45. The van der Waals surface area contributed by atoms with Crippen LogP contribution in [0.3, 0.4) is 0 Å². The van der Waals surface area contributed by atoms with E-state index in [0.717, 1.165) is 42.1 Å². The lowest BCUT2D eigenvalue weighted by molar-refractivity contribution is -0.138. The quantitative estimate of drug-likeness (QED) is 0.314. The first-order chi connectivity index (χ1) is 15.7. The fourth-order valence-corrected chi connectivity index (χ4v) is 6.03. The first-order valence-corrected chi connectivity index (χ1v) is 13.0. The summed E-state index contributed by atoms with van der Waals surface area (Å²) in [5, 5.41) is 12.8. The van der Waals surface area contributed by atoms with Crippen LogP contribution >= 0.6 is 23.1 Å². The number of nitrogens with zero attached hydrogens (tertiary/aromatic N) is 2. The van der Waals surface area contributed by atoms with E-state index in [9.17, 15) is 14.7 Å². The maximum Gasteiger partial charge on any atom is 0.323 e. The molecule has 2 amide bonds. The SMILES string of the molecule is CC(C)(Sc1cnc(NC(=O)N(CCCOc2ccccc2)[C@H]2CC[C@H](C)CC2)s1)C(=O)O. The van der Waals surface area contributed by atoms with Gasteiger partial charge in [0.05, 0.1) is 17.0 Å². The molecule has 3 rings (SSSR count). The number of rotatable bonds is 10. The van der Waals surface area contributed by atoms with Crippen molar-refractivity contribution in [3.05, 3.63) is 36.5 Å². The van der Waals surface area contributed by atoms with Gasteiger partial charge in [-0.05, 0) is 64.0 Å². The number of carboxylic acid groups (broad SMARTS) is 1. The second-order valence-electron chi connectivity index (χ2n) is 8.95. The van der Waals surface area contributed by atoms with Crippen LogP contribution in [0, 0.1) is 5.92 Å². The van der Waals surface area contributed by atoms with Gasteiger partial charge in [-0.3, -0.25) is 10.1 Å². The highest BCUT2D eigenvalue weighted by Gasteiger charge is 2.30. The van der Waals surface area contributed by atoms with Crippen LogP contribution in [0.2, 0.25) is 0 Å². The topological polar surface area (TPSA) is 91.8 Å². The summed E-state index contributed by atoms with van der Waals surface area (Å²) in [6, 6.07) is 9.74. The number of para-hydroxylation sites is 1. The second kappa shape index (κ2) is 11.7. The molecule has 0 aliphatic heterocycles. The number of hydrogen-bond acceptors (Lipinski definition) is 6. The fourth-order valence-electron chi connectivity index (χ4n) is 3.77. The number of carbonyl (C=O) groups is 2. The van der Waals surface area contributed by atoms with Crippen LogP contribution < -0.4 is 10.1 Å². The Hall–Kier alpha value is -2.26. The number of thioether (sulfide) groups is 1. The summed E-state index contributed by atoms with van der Waals surface area (Å²) in [7, 11) is 0. The molecule has 1 fully saturated rings. The number of carbonyl (C=O) groups excluding carboxylic acids is 1. The standard InChI is InChI=1S/C24H33N3O4S2/c1-17-10-12-18(13-11-17)27(14-7-15-31-19-8-5-4-6-9-19)23(30)26-22-25-16-20(32-22)33-24(2,3)21(28)29/h4-6,8-9,16-18H,7,10-15H2,1-3H3,(H,28,29)(H,25,26,30)/t17-,18-. The summed E-state index contributed by atoms with van der Waals surface area (Å²) < 4.78 is 5.60. The van der Waals surface area contributed by atoms with E-state index < -0.39 is 10.7 Å². The Balaban J connectivity index is 1.59. The number of hydrogen-bond donors (Lipinski definition) is 2. The Labute approximate surface area is 203 Å². The van der Waals surface area contributed by atoms with Gasteiger partial charge in [-0.15, -0.1) is 0 Å². The molecule has 1 saturated carbocycles. The van der Waals surface area contributed by atoms with Gasteiger partial charge < -0.3 is 14.7 Å². The number of carboxylic acids is 1. The predicted octanol–water partition coefficient (Wildman–Crippen LogP) is 5.98. The average molecular weight is 492 g/mol. The Morgan fingerprint density at radius 2 is 1.94 bits per heavy atom. The molecular weight excluding hydrogens is 458 g/mol. The minimum absolute atomic E-state index is 0.155. The number of nitrogens with one attached hydrogen (secondary N) is 1. The van der Waals surface area contributed by atoms with E-state index in [-0.39, 0.29) is 12.1 Å². The zero-order valence-electron chi connectivity index (χ0n) is 19.5. The average Bonchev–Trinajstić information content (AvgIpc) is 3.21. The van der Waals surface area contributed by atoms with E-state index in [2.05, 4.69) is 17.2 Å². The van der Waals surface area contributed by atoms with Gasteiger partial charge in [0.25, 0.3) is 0 Å². The van der Waals surface area contributed by atoms with Crippen molar-refractivity contribution in [1.82, 2.24) is 9.88 Å². The molecule has 2 aromatic rings. The lowest BCUT2D eigenvalue weighted by atomic mass is 9.86. The molecule has 33 heavy (non-hydrogen) atoms. The minimum atomic E-state index is -0.961. The highest BCUT2D eigenvalue weighted by atomic mass is 32.2. The number of thiazole rings is 1. The number of ether oxygens (including phenoxy) is 1. The summed E-state index contributed by atoms with van der Waals surface area (Å²) in [6.45, 7) is 6.72. The maximum atomic E-state index is 13.2. The second-order valence-corrected chi connectivity index (χ2v) is 11.9. The molecule has 0 saturated heterocycles. The molecule has 180 valence electrons. The van der Waals surface area contributed by atoms with Crippen molar-refractivity contribution >= 4 is 40.2 Å². The molecule has 1 aliphatic rings. The van der Waals surface area contributed by atoms with Crippen LogP contribution in [0.4, 0.5) is 9.93 Å². The van der Waals surface area contributed by atoms with Gasteiger partial charge in [0, 0.05) is 12.6 Å². The molecule has 1 aliphatic carbocycles. The van der Waals surface area contributed by atoms with Crippen molar-refractivity contribution in [3.8, 4) is 5.75 Å². The van der Waals surface area contributed by atoms with Crippen LogP contribution in [-0.2, 0) is 4.79 Å². The highest BCUT2D eigenvalue weighted by molar-refractivity contribution is 8.03. The molecule has 9 heteroatoms. The van der Waals surface area contributed by atoms with Crippen LogP contribution in [0.15, 0.2) is 40.7 Å². The summed E-state index contributed by atoms with van der Waals surface area (Å²) in [5.74, 6) is 0.641. The van der Waals surface area contributed by atoms with Gasteiger partial charge >= 0.3 is 12.0 Å². The smallest absolute Gasteiger partial charge is 0.323 e. The number of amides is 2. The molecule has 2 N–H and O–H groups in total. The number of benzene rings is 1. The summed E-state index contributed by atoms with van der Waals surface area (Å²) in [4.78, 5) is 30.8. The molecule has 0 bridgehead atoms. The van der Waals surface area contributed by atoms with Crippen molar-refractivity contribution in [3.63, 3.8) is 0 Å². The van der Waals surface area contributed by atoms with E-state index in [4.69, 9.17) is 4.74 Å². The van der Waals surface area contributed by atoms with E-state index in [0.29, 0.717) is 24.2 Å². The molecule has 1 aromatic carbocycles. The molecule has 0 unspecified atom stereocenters. The van der Waals surface area contributed by atoms with Gasteiger partial charge in [-0.25, -0.2) is 9.78 Å². The molecule has 0 atom stereocenters. The van der Waals surface area contributed by atoms with Crippen molar-refractivity contribution in [2.45, 2.75) is 67.9 Å². The summed E-state index contributed by atoms with van der Waals surface area (Å²) in [6.07, 6.45) is 6.60. The number of urea groups is 1. The normalized spacial score (nSPS) is 18.5. The number of aromatic nitrogens is 1. The molecule has 1 heterocycles. The van der Waals surface area contributed by atoms with Crippen molar-refractivity contribution in [1.29, 1.82) is 0 Å². The third kappa shape index (κ3) is 7.64. The fraction of sp³-hybridized carbons (Fsp3) is 0.542. The Bertz CT molecular complexity index is 911. The Morgan fingerprint density at radius 3 is 2.61 bits per heavy atom. The van der Waals surface area contributed by atoms with Gasteiger partial charge in [0.2, 0.25) is 0 Å². The molecular formula is C24H33N3O4S2. The van der Waals surface area contributed by atoms with Crippen LogP contribution in [-0.4, -0.2) is 50.9 Å². The monoisotopic (exact) mass is 491 g/mol. The van der Waals surface area contributed by atoms with Crippen molar-refractivity contribution in [2.75, 3.05) is 18.5 Å². The van der Waals surface area contributed by atoms with Gasteiger partial charge in [-0.1, -0.05) is 48.2 Å². The summed E-state index contributed by atoms with van der Waals surface area (Å²) >= 11 is 2.53. The van der Waals surface area contributed by atoms with Crippen LogP contribution in [0.25, 0.3) is 0 Å². The number of anilines is 1. The minimum Gasteiger partial charge on any atom is -0.494 e. The van der Waals surface area contributed by atoms with Crippen LogP contribution in [0.5, 0.6) is 5.75 Å². The Kier molecular flexibility index (Phi) is 9.02. The maximum absolute atomic E-state index is 13.2. The van der Waals surface area contributed by atoms with Crippen LogP contribution in [0.1, 0.15) is 52.9 Å². The Morgan fingerprint density at radius 1 is 1.24 bits per heavy atom. The summed E-state index contributed by atoms with van der Waals surface area (Å²) in [5.41, 5.74) is 0. The first kappa shape index (κ1) is 25.4. The zero-order chi connectivity index (χ0) is 23.8. The third-order valence-electron chi connectivity index (χ3n) is 5.81.